The predicted octanol–water partition coefficient (Wildman–Crippen LogP) is 3.57. The van der Waals surface area contributed by atoms with E-state index in [0.717, 1.165) is 22.5 Å². The number of carbonyl (C=O) groups excluding carboxylic acids is 1. The molecule has 0 aliphatic carbocycles. The van der Waals surface area contributed by atoms with Crippen molar-refractivity contribution in [1.82, 2.24) is 0 Å². The molecule has 1 unspecified atom stereocenters. The van der Waals surface area contributed by atoms with Crippen LogP contribution in [0.15, 0.2) is 42.5 Å². The molecular weight excluding hydrogens is 312 g/mol. The maximum Gasteiger partial charge on any atom is 0.255 e. The first-order valence-electron chi connectivity index (χ1n) is 7.46. The second kappa shape index (κ2) is 7.99. The van der Waals surface area contributed by atoms with E-state index >= 15 is 0 Å². The van der Waals surface area contributed by atoms with Crippen LogP contribution in [0.5, 0.6) is 0 Å². The molecule has 3 N–H and O–H groups in total. The first-order chi connectivity index (χ1) is 11.0. The maximum absolute atomic E-state index is 12.4. The Morgan fingerprint density at radius 1 is 1.22 bits per heavy atom. The zero-order valence-corrected chi connectivity index (χ0v) is 14.0. The van der Waals surface area contributed by atoms with Crippen LogP contribution in [0, 0.1) is 13.8 Å². The van der Waals surface area contributed by atoms with Gasteiger partial charge in [-0.3, -0.25) is 4.79 Å². The molecule has 1 atom stereocenters. The molecule has 0 bridgehead atoms. The average Bonchev–Trinajstić information content (AvgIpc) is 2.55. The van der Waals surface area contributed by atoms with E-state index < -0.39 is 6.10 Å². The van der Waals surface area contributed by atoms with Gasteiger partial charge in [-0.15, -0.1) is 11.6 Å². The fraction of sp³-hybridized carbons (Fsp3) is 0.278. The summed E-state index contributed by atoms with van der Waals surface area (Å²) in [5.41, 5.74) is 4.19. The molecule has 0 saturated heterocycles. The molecule has 2 aromatic carbocycles. The highest BCUT2D eigenvalue weighted by Gasteiger charge is 2.09. The normalized spacial score (nSPS) is 11.8. The van der Waals surface area contributed by atoms with E-state index in [1.165, 1.54) is 0 Å². The van der Waals surface area contributed by atoms with E-state index in [-0.39, 0.29) is 11.8 Å². The number of benzene rings is 2. The number of rotatable bonds is 6. The van der Waals surface area contributed by atoms with Crippen LogP contribution in [-0.2, 0) is 0 Å². The van der Waals surface area contributed by atoms with Crippen molar-refractivity contribution in [3.8, 4) is 0 Å². The van der Waals surface area contributed by atoms with Crippen molar-refractivity contribution in [2.45, 2.75) is 20.0 Å². The Balaban J connectivity index is 2.11. The molecule has 0 heterocycles. The van der Waals surface area contributed by atoms with Gasteiger partial charge in [-0.2, -0.15) is 0 Å². The quantitative estimate of drug-likeness (QED) is 0.709. The van der Waals surface area contributed by atoms with E-state index in [1.54, 1.807) is 6.07 Å². The van der Waals surface area contributed by atoms with Crippen LogP contribution in [0.2, 0.25) is 0 Å². The molecule has 1 amide bonds. The van der Waals surface area contributed by atoms with Crippen molar-refractivity contribution in [2.75, 3.05) is 23.1 Å². The van der Waals surface area contributed by atoms with Gasteiger partial charge in [-0.1, -0.05) is 23.8 Å². The SMILES string of the molecule is Cc1cccc(C(=O)Nc2cc(NCC(O)CCl)ccc2C)c1. The predicted molar refractivity (Wildman–Crippen MR) is 95.5 cm³/mol. The van der Waals surface area contributed by atoms with Gasteiger partial charge in [0, 0.05) is 23.5 Å². The molecule has 4 nitrogen and oxygen atoms in total. The van der Waals surface area contributed by atoms with E-state index in [0.29, 0.717) is 12.1 Å². The number of alkyl halides is 1. The summed E-state index contributed by atoms with van der Waals surface area (Å²) in [5.74, 6) is 0.0326. The van der Waals surface area contributed by atoms with Crippen molar-refractivity contribution in [2.24, 2.45) is 0 Å². The number of aryl methyl sites for hydroxylation is 2. The zero-order chi connectivity index (χ0) is 16.8. The fourth-order valence-corrected chi connectivity index (χ4v) is 2.25. The standard InChI is InChI=1S/C18H21ClN2O2/c1-12-4-3-5-14(8-12)18(23)21-17-9-15(7-6-13(17)2)20-11-16(22)10-19/h3-9,16,20,22H,10-11H2,1-2H3,(H,21,23). The Morgan fingerprint density at radius 2 is 2.00 bits per heavy atom. The van der Waals surface area contributed by atoms with E-state index in [9.17, 15) is 9.90 Å². The zero-order valence-electron chi connectivity index (χ0n) is 13.3. The highest BCUT2D eigenvalue weighted by Crippen LogP contribution is 2.21. The van der Waals surface area contributed by atoms with Gasteiger partial charge in [0.1, 0.15) is 0 Å². The lowest BCUT2D eigenvalue weighted by Gasteiger charge is -2.14. The van der Waals surface area contributed by atoms with Crippen LogP contribution in [0.4, 0.5) is 11.4 Å². The minimum Gasteiger partial charge on any atom is -0.390 e. The molecule has 0 radical (unpaired) electrons. The van der Waals surface area contributed by atoms with Gasteiger partial charge in [0.2, 0.25) is 0 Å². The highest BCUT2D eigenvalue weighted by atomic mass is 35.5. The molecule has 0 aromatic heterocycles. The van der Waals surface area contributed by atoms with Crippen molar-refractivity contribution in [1.29, 1.82) is 0 Å². The Morgan fingerprint density at radius 3 is 2.70 bits per heavy atom. The van der Waals surface area contributed by atoms with Gasteiger partial charge in [-0.25, -0.2) is 0 Å². The molecule has 2 rings (SSSR count). The summed E-state index contributed by atoms with van der Waals surface area (Å²) in [6.07, 6.45) is -0.608. The molecule has 0 aliphatic heterocycles. The molecule has 122 valence electrons. The molecule has 23 heavy (non-hydrogen) atoms. The summed E-state index contributed by atoms with van der Waals surface area (Å²) in [6.45, 7) is 4.25. The van der Waals surface area contributed by atoms with Gasteiger partial charge in [0.15, 0.2) is 0 Å². The van der Waals surface area contributed by atoms with Gasteiger partial charge in [0.25, 0.3) is 5.91 Å². The summed E-state index contributed by atoms with van der Waals surface area (Å²) in [7, 11) is 0. The first-order valence-corrected chi connectivity index (χ1v) is 7.99. The Bertz CT molecular complexity index is 688. The Kier molecular flexibility index (Phi) is 6.02. The summed E-state index contributed by atoms with van der Waals surface area (Å²) >= 11 is 5.58. The topological polar surface area (TPSA) is 61.4 Å². The van der Waals surface area contributed by atoms with Crippen LogP contribution in [0.1, 0.15) is 21.5 Å². The average molecular weight is 333 g/mol. The number of halogens is 1. The number of amides is 1. The molecule has 0 saturated carbocycles. The monoisotopic (exact) mass is 332 g/mol. The number of anilines is 2. The molecule has 0 spiro atoms. The lowest BCUT2D eigenvalue weighted by Crippen LogP contribution is -2.21. The molecule has 0 aliphatic rings. The Hall–Kier alpha value is -2.04. The largest absolute Gasteiger partial charge is 0.390 e. The van der Waals surface area contributed by atoms with Crippen LogP contribution in [0.3, 0.4) is 0 Å². The van der Waals surface area contributed by atoms with E-state index in [2.05, 4.69) is 10.6 Å². The minimum absolute atomic E-state index is 0.144. The first kappa shape index (κ1) is 17.3. The lowest BCUT2D eigenvalue weighted by atomic mass is 10.1. The van der Waals surface area contributed by atoms with E-state index in [1.807, 2.05) is 50.2 Å². The number of carbonyl (C=O) groups is 1. The van der Waals surface area contributed by atoms with Gasteiger partial charge in [0.05, 0.1) is 12.0 Å². The molecule has 0 fully saturated rings. The molecular formula is C18H21ClN2O2. The fourth-order valence-electron chi connectivity index (χ4n) is 2.14. The second-order valence-corrected chi connectivity index (χ2v) is 5.85. The van der Waals surface area contributed by atoms with Gasteiger partial charge < -0.3 is 15.7 Å². The third-order valence-electron chi connectivity index (χ3n) is 3.49. The third kappa shape index (κ3) is 4.98. The summed E-state index contributed by atoms with van der Waals surface area (Å²) < 4.78 is 0. The van der Waals surface area contributed by atoms with E-state index in [4.69, 9.17) is 11.6 Å². The van der Waals surface area contributed by atoms with Gasteiger partial charge >= 0.3 is 0 Å². The van der Waals surface area contributed by atoms with Crippen molar-refractivity contribution < 1.29 is 9.90 Å². The molecule has 2 aromatic rings. The smallest absolute Gasteiger partial charge is 0.255 e. The van der Waals surface area contributed by atoms with Gasteiger partial charge in [-0.05, 0) is 43.7 Å². The number of aliphatic hydroxyl groups is 1. The second-order valence-electron chi connectivity index (χ2n) is 5.54. The third-order valence-corrected chi connectivity index (χ3v) is 3.84. The number of hydrogen-bond acceptors (Lipinski definition) is 3. The number of nitrogens with one attached hydrogen (secondary N) is 2. The number of hydrogen-bond donors (Lipinski definition) is 3. The minimum atomic E-state index is -0.608. The van der Waals surface area contributed by atoms with Crippen molar-refractivity contribution >= 4 is 28.9 Å². The van der Waals surface area contributed by atoms with Crippen LogP contribution in [0.25, 0.3) is 0 Å². The summed E-state index contributed by atoms with van der Waals surface area (Å²) in [4.78, 5) is 12.4. The lowest BCUT2D eigenvalue weighted by molar-refractivity contribution is 0.102. The maximum atomic E-state index is 12.4. The number of aliphatic hydroxyl groups excluding tert-OH is 1. The summed E-state index contributed by atoms with van der Waals surface area (Å²) in [5, 5.41) is 15.5. The highest BCUT2D eigenvalue weighted by molar-refractivity contribution is 6.18. The van der Waals surface area contributed by atoms with Crippen LogP contribution < -0.4 is 10.6 Å². The van der Waals surface area contributed by atoms with Crippen molar-refractivity contribution in [3.63, 3.8) is 0 Å². The Labute approximate surface area is 141 Å². The molecule has 5 heteroatoms. The summed E-state index contributed by atoms with van der Waals surface area (Å²) in [6, 6.07) is 13.1. The van der Waals surface area contributed by atoms with Crippen LogP contribution >= 0.6 is 11.6 Å². The van der Waals surface area contributed by atoms with Crippen molar-refractivity contribution in [3.05, 3.63) is 59.2 Å². The van der Waals surface area contributed by atoms with Crippen LogP contribution in [-0.4, -0.2) is 29.5 Å².